The number of rotatable bonds is 4. The minimum Gasteiger partial charge on any atom is -0.480 e. The minimum atomic E-state index is -4.37. The van der Waals surface area contributed by atoms with E-state index < -0.39 is 28.4 Å². The van der Waals surface area contributed by atoms with Crippen molar-refractivity contribution in [2.24, 2.45) is 0 Å². The number of carboxylic acids is 1. The van der Waals surface area contributed by atoms with Crippen LogP contribution in [0.15, 0.2) is 60.0 Å². The Kier molecular flexibility index (Phi) is 4.45. The molecule has 0 spiro atoms. The largest absolute Gasteiger partial charge is 0.480 e. The van der Waals surface area contributed by atoms with Gasteiger partial charge in [-0.3, -0.25) is 4.55 Å². The molecule has 0 radical (unpaired) electrons. The molecule has 2 heterocycles. The summed E-state index contributed by atoms with van der Waals surface area (Å²) in [6.45, 7) is 4.00. The van der Waals surface area contributed by atoms with E-state index in [1.54, 1.807) is 0 Å². The molecule has 0 unspecified atom stereocenters. The molecule has 0 aliphatic carbocycles. The number of carboxylic acid groups (broad SMARTS) is 1. The molecule has 1 aliphatic heterocycles. The smallest absolute Gasteiger partial charge is 0.326 e. The molecule has 0 bridgehead atoms. The highest BCUT2D eigenvalue weighted by Gasteiger charge is 2.39. The van der Waals surface area contributed by atoms with Gasteiger partial charge in [0.2, 0.25) is 0 Å². The third-order valence-electron chi connectivity index (χ3n) is 5.17. The van der Waals surface area contributed by atoms with Crippen LogP contribution in [0.4, 0.5) is 0 Å². The van der Waals surface area contributed by atoms with E-state index in [-0.39, 0.29) is 16.9 Å². The number of aliphatic carboxylic acids is 1. The summed E-state index contributed by atoms with van der Waals surface area (Å²) >= 11 is 0. The Hall–Kier alpha value is -3.14. The third kappa shape index (κ3) is 3.19. The average molecular weight is 414 g/mol. The number of aromatic amines is 1. The zero-order valence-corrected chi connectivity index (χ0v) is 15.9. The van der Waals surface area contributed by atoms with Gasteiger partial charge < -0.3 is 20.1 Å². The molecule has 8 nitrogen and oxygen atoms in total. The fourth-order valence-electron chi connectivity index (χ4n) is 3.76. The van der Waals surface area contributed by atoms with Crippen molar-refractivity contribution in [2.75, 3.05) is 0 Å². The van der Waals surface area contributed by atoms with Gasteiger partial charge in [-0.25, -0.2) is 4.79 Å². The lowest BCUT2D eigenvalue weighted by molar-refractivity contribution is -0.145. The van der Waals surface area contributed by atoms with E-state index in [0.29, 0.717) is 11.4 Å². The SMILES string of the molecule is C=C1c2[nH]c3ccccc3c2C[C@H](C(=O)O)N1[C@H](O)c1ccc(S(=O)(=O)O)cc1. The van der Waals surface area contributed by atoms with Crippen molar-refractivity contribution in [1.29, 1.82) is 0 Å². The van der Waals surface area contributed by atoms with E-state index in [1.807, 2.05) is 24.3 Å². The van der Waals surface area contributed by atoms with Gasteiger partial charge in [0.25, 0.3) is 10.1 Å². The quantitative estimate of drug-likeness (QED) is 0.482. The number of aromatic nitrogens is 1. The van der Waals surface area contributed by atoms with Crippen LogP contribution >= 0.6 is 0 Å². The van der Waals surface area contributed by atoms with Gasteiger partial charge in [0.1, 0.15) is 6.04 Å². The third-order valence-corrected chi connectivity index (χ3v) is 6.04. The van der Waals surface area contributed by atoms with E-state index in [2.05, 4.69) is 11.6 Å². The molecule has 0 saturated carbocycles. The van der Waals surface area contributed by atoms with Crippen molar-refractivity contribution < 1.29 is 28.0 Å². The van der Waals surface area contributed by atoms with Gasteiger partial charge in [0.15, 0.2) is 6.23 Å². The Labute approximate surface area is 166 Å². The second-order valence-electron chi connectivity index (χ2n) is 6.85. The standard InChI is InChI=1S/C20H18N2O6S/c1-11-18-15(14-4-2-3-5-16(14)21-18)10-17(20(24)25)22(11)19(23)12-6-8-13(9-7-12)29(26,27)28/h2-9,17,19,21,23H,1,10H2,(H,24,25)(H,26,27,28)/t17-,19-/m1/s1. The number of nitrogens with zero attached hydrogens (tertiary/aromatic N) is 1. The van der Waals surface area contributed by atoms with Crippen molar-refractivity contribution in [3.05, 3.63) is 71.9 Å². The maximum Gasteiger partial charge on any atom is 0.326 e. The van der Waals surface area contributed by atoms with E-state index in [4.69, 9.17) is 4.55 Å². The maximum absolute atomic E-state index is 12.0. The summed E-state index contributed by atoms with van der Waals surface area (Å²) in [5.74, 6) is -1.12. The second kappa shape index (κ2) is 6.73. The molecule has 3 aromatic rings. The summed E-state index contributed by atoms with van der Waals surface area (Å²) < 4.78 is 31.5. The molecular weight excluding hydrogens is 396 g/mol. The lowest BCUT2D eigenvalue weighted by Gasteiger charge is -2.39. The first kappa shape index (κ1) is 19.2. The minimum absolute atomic E-state index is 0.161. The number of aliphatic hydroxyl groups excluding tert-OH is 1. The van der Waals surface area contributed by atoms with E-state index in [1.165, 1.54) is 17.0 Å². The number of hydrogen-bond donors (Lipinski definition) is 4. The molecule has 29 heavy (non-hydrogen) atoms. The van der Waals surface area contributed by atoms with Gasteiger partial charge in [0, 0.05) is 22.9 Å². The van der Waals surface area contributed by atoms with E-state index >= 15 is 0 Å². The predicted molar refractivity (Wildman–Crippen MR) is 106 cm³/mol. The maximum atomic E-state index is 12.0. The average Bonchev–Trinajstić information content (AvgIpc) is 3.06. The van der Waals surface area contributed by atoms with Crippen LogP contribution in [0.1, 0.15) is 23.0 Å². The number of carbonyl (C=O) groups is 1. The number of aliphatic hydroxyl groups is 1. The van der Waals surface area contributed by atoms with Gasteiger partial charge in [-0.1, -0.05) is 36.9 Å². The number of H-pyrrole nitrogens is 1. The van der Waals surface area contributed by atoms with Crippen molar-refractivity contribution >= 4 is 32.7 Å². The highest BCUT2D eigenvalue weighted by Crippen LogP contribution is 2.39. The van der Waals surface area contributed by atoms with E-state index in [0.717, 1.165) is 28.6 Å². The summed E-state index contributed by atoms with van der Waals surface area (Å²) in [6.07, 6.45) is -1.22. The Balaban J connectivity index is 1.77. The highest BCUT2D eigenvalue weighted by molar-refractivity contribution is 7.85. The van der Waals surface area contributed by atoms with Gasteiger partial charge >= 0.3 is 5.97 Å². The Morgan fingerprint density at radius 2 is 1.83 bits per heavy atom. The fraction of sp³-hybridized carbons (Fsp3) is 0.150. The Morgan fingerprint density at radius 1 is 1.17 bits per heavy atom. The van der Waals surface area contributed by atoms with Crippen LogP contribution in [0.25, 0.3) is 16.6 Å². The zero-order valence-electron chi connectivity index (χ0n) is 15.1. The van der Waals surface area contributed by atoms with Crippen molar-refractivity contribution in [3.8, 4) is 0 Å². The van der Waals surface area contributed by atoms with E-state index in [9.17, 15) is 23.4 Å². The molecular formula is C20H18N2O6S. The normalized spacial score (nSPS) is 17.9. The van der Waals surface area contributed by atoms with Crippen LogP contribution in [0.3, 0.4) is 0 Å². The summed E-state index contributed by atoms with van der Waals surface area (Å²) in [5, 5.41) is 21.6. The summed E-state index contributed by atoms with van der Waals surface area (Å²) in [4.78, 5) is 16.2. The highest BCUT2D eigenvalue weighted by atomic mass is 32.2. The number of hydrogen-bond acceptors (Lipinski definition) is 5. The molecule has 2 atom stereocenters. The van der Waals surface area contributed by atoms with Crippen LogP contribution in [-0.4, -0.2) is 45.1 Å². The van der Waals surface area contributed by atoms with Crippen LogP contribution < -0.4 is 0 Å². The summed E-state index contributed by atoms with van der Waals surface area (Å²) in [7, 11) is -4.37. The Bertz CT molecular complexity index is 1230. The van der Waals surface area contributed by atoms with Crippen LogP contribution in [0.2, 0.25) is 0 Å². The number of benzene rings is 2. The molecule has 9 heteroatoms. The number of nitrogens with one attached hydrogen (secondary N) is 1. The molecule has 4 rings (SSSR count). The second-order valence-corrected chi connectivity index (χ2v) is 8.28. The van der Waals surface area contributed by atoms with Gasteiger partial charge in [0.05, 0.1) is 16.3 Å². The summed E-state index contributed by atoms with van der Waals surface area (Å²) in [5.41, 5.74) is 2.91. The van der Waals surface area contributed by atoms with Gasteiger partial charge in [-0.15, -0.1) is 0 Å². The molecule has 150 valence electrons. The van der Waals surface area contributed by atoms with Gasteiger partial charge in [-0.2, -0.15) is 8.42 Å². The Morgan fingerprint density at radius 3 is 2.45 bits per heavy atom. The van der Waals surface area contributed by atoms with Crippen LogP contribution in [-0.2, 0) is 21.3 Å². The zero-order chi connectivity index (χ0) is 20.9. The van der Waals surface area contributed by atoms with Gasteiger partial charge in [-0.05, 0) is 23.8 Å². The fourth-order valence-corrected chi connectivity index (χ4v) is 4.24. The molecule has 1 aromatic heterocycles. The number of fused-ring (bicyclic) bond motifs is 3. The monoisotopic (exact) mass is 414 g/mol. The first-order valence-electron chi connectivity index (χ1n) is 8.74. The number of para-hydroxylation sites is 1. The van der Waals surface area contributed by atoms with Crippen molar-refractivity contribution in [3.63, 3.8) is 0 Å². The topological polar surface area (TPSA) is 131 Å². The lowest BCUT2D eigenvalue weighted by Crippen LogP contribution is -2.46. The molecule has 4 N–H and O–H groups in total. The summed E-state index contributed by atoms with van der Waals surface area (Å²) in [6, 6.07) is 11.4. The first-order chi connectivity index (χ1) is 13.7. The van der Waals surface area contributed by atoms with Crippen LogP contribution in [0.5, 0.6) is 0 Å². The molecule has 0 amide bonds. The van der Waals surface area contributed by atoms with Crippen molar-refractivity contribution in [1.82, 2.24) is 9.88 Å². The first-order valence-corrected chi connectivity index (χ1v) is 10.2. The molecule has 1 aliphatic rings. The van der Waals surface area contributed by atoms with Crippen molar-refractivity contribution in [2.45, 2.75) is 23.6 Å². The molecule has 0 saturated heterocycles. The molecule has 2 aromatic carbocycles. The predicted octanol–water partition coefficient (Wildman–Crippen LogP) is 2.39. The van der Waals surface area contributed by atoms with Crippen LogP contribution in [0, 0.1) is 0 Å². The lowest BCUT2D eigenvalue weighted by atomic mass is 9.93. The molecule has 0 fully saturated rings.